The second-order valence-corrected chi connectivity index (χ2v) is 6.39. The van der Waals surface area contributed by atoms with Crippen LogP contribution in [0.15, 0.2) is 18.3 Å². The number of alkyl carbamates (subject to hydrolysis) is 1. The molecule has 8 heteroatoms. The molecule has 7 nitrogen and oxygen atoms in total. The summed E-state index contributed by atoms with van der Waals surface area (Å²) in [5.74, 6) is -1.04. The zero-order valence-corrected chi connectivity index (χ0v) is 14.8. The molecule has 0 aliphatic rings. The lowest BCUT2D eigenvalue weighted by molar-refractivity contribution is 0.0514. The van der Waals surface area contributed by atoms with E-state index in [-0.39, 0.29) is 25.4 Å². The molecule has 0 bridgehead atoms. The lowest BCUT2D eigenvalue weighted by Crippen LogP contribution is -2.34. The van der Waals surface area contributed by atoms with Gasteiger partial charge in [-0.05, 0) is 33.8 Å². The fourth-order valence-electron chi connectivity index (χ4n) is 2.30. The Morgan fingerprint density at radius 1 is 1.32 bits per heavy atom. The minimum Gasteiger partial charge on any atom is -0.461 e. The number of nitrogens with one attached hydrogen (secondary N) is 1. The number of hydrogen-bond donors (Lipinski definition) is 1. The standard InChI is InChI=1S/C17H22FN3O4/c1-5-24-15(22)14-9-12-13(8-11(18)10-20-12)21(14)7-6-19-16(23)25-17(2,3)4/h8-10H,5-7H2,1-4H3,(H,19,23). The third kappa shape index (κ3) is 4.91. The molecule has 1 N–H and O–H groups in total. The molecular weight excluding hydrogens is 329 g/mol. The van der Waals surface area contributed by atoms with Crippen LogP contribution in [0.1, 0.15) is 38.2 Å². The van der Waals surface area contributed by atoms with Gasteiger partial charge in [0.2, 0.25) is 0 Å². The Morgan fingerprint density at radius 2 is 2.04 bits per heavy atom. The van der Waals surface area contributed by atoms with Crippen LogP contribution in [0.25, 0.3) is 11.0 Å². The number of amides is 1. The van der Waals surface area contributed by atoms with Crippen molar-refractivity contribution in [2.45, 2.75) is 39.8 Å². The zero-order valence-electron chi connectivity index (χ0n) is 14.8. The first kappa shape index (κ1) is 18.7. The van der Waals surface area contributed by atoms with Crippen LogP contribution in [-0.4, -0.2) is 40.4 Å². The average molecular weight is 351 g/mol. The number of nitrogens with zero attached hydrogens (tertiary/aromatic N) is 2. The van der Waals surface area contributed by atoms with Gasteiger partial charge in [0.15, 0.2) is 0 Å². The monoisotopic (exact) mass is 351 g/mol. The summed E-state index contributed by atoms with van der Waals surface area (Å²) in [4.78, 5) is 27.8. The van der Waals surface area contributed by atoms with Crippen LogP contribution in [-0.2, 0) is 16.0 Å². The summed E-state index contributed by atoms with van der Waals surface area (Å²) < 4.78 is 25.3. The van der Waals surface area contributed by atoms with Crippen molar-refractivity contribution in [1.29, 1.82) is 0 Å². The summed E-state index contributed by atoms with van der Waals surface area (Å²) in [7, 11) is 0. The minimum atomic E-state index is -0.604. The van der Waals surface area contributed by atoms with E-state index in [1.807, 2.05) is 0 Å². The van der Waals surface area contributed by atoms with Gasteiger partial charge < -0.3 is 19.4 Å². The number of aromatic nitrogens is 2. The second-order valence-electron chi connectivity index (χ2n) is 6.39. The number of pyridine rings is 1. The number of halogens is 1. The number of fused-ring (bicyclic) bond motifs is 1. The molecule has 0 fully saturated rings. The van der Waals surface area contributed by atoms with Crippen LogP contribution in [0, 0.1) is 5.82 Å². The molecule has 136 valence electrons. The molecule has 0 radical (unpaired) electrons. The van der Waals surface area contributed by atoms with Crippen LogP contribution in [0.3, 0.4) is 0 Å². The van der Waals surface area contributed by atoms with E-state index in [9.17, 15) is 14.0 Å². The maximum atomic E-state index is 13.5. The summed E-state index contributed by atoms with van der Waals surface area (Å²) >= 11 is 0. The van der Waals surface area contributed by atoms with Crippen LogP contribution < -0.4 is 5.32 Å². The van der Waals surface area contributed by atoms with Gasteiger partial charge in [0.05, 0.1) is 23.8 Å². The highest BCUT2D eigenvalue weighted by molar-refractivity contribution is 5.94. The van der Waals surface area contributed by atoms with Crippen LogP contribution in [0.4, 0.5) is 9.18 Å². The molecule has 2 aromatic heterocycles. The van der Waals surface area contributed by atoms with Crippen LogP contribution in [0.5, 0.6) is 0 Å². The smallest absolute Gasteiger partial charge is 0.407 e. The first-order valence-electron chi connectivity index (χ1n) is 8.00. The lowest BCUT2D eigenvalue weighted by atomic mass is 10.2. The molecule has 2 rings (SSSR count). The van der Waals surface area contributed by atoms with Crippen molar-refractivity contribution in [1.82, 2.24) is 14.9 Å². The molecule has 2 heterocycles. The number of carbonyl (C=O) groups excluding carboxylic acids is 2. The third-order valence-corrected chi connectivity index (χ3v) is 3.21. The fraction of sp³-hybridized carbons (Fsp3) is 0.471. The van der Waals surface area contributed by atoms with E-state index < -0.39 is 23.5 Å². The third-order valence-electron chi connectivity index (χ3n) is 3.21. The summed E-state index contributed by atoms with van der Waals surface area (Å²) in [6.07, 6.45) is 0.520. The lowest BCUT2D eigenvalue weighted by Gasteiger charge is -2.20. The summed E-state index contributed by atoms with van der Waals surface area (Å²) in [5.41, 5.74) is 0.574. The van der Waals surface area contributed by atoms with Gasteiger partial charge in [-0.25, -0.2) is 14.0 Å². The van der Waals surface area contributed by atoms with Crippen molar-refractivity contribution >= 4 is 23.1 Å². The largest absolute Gasteiger partial charge is 0.461 e. The predicted molar refractivity (Wildman–Crippen MR) is 89.9 cm³/mol. The molecule has 1 amide bonds. The van der Waals surface area contributed by atoms with Crippen molar-refractivity contribution in [2.24, 2.45) is 0 Å². The van der Waals surface area contributed by atoms with E-state index in [0.29, 0.717) is 11.0 Å². The normalized spacial score (nSPS) is 11.4. The predicted octanol–water partition coefficient (Wildman–Crippen LogP) is 2.88. The van der Waals surface area contributed by atoms with E-state index in [0.717, 1.165) is 6.20 Å². The SMILES string of the molecule is CCOC(=O)c1cc2ncc(F)cc2n1CCNC(=O)OC(C)(C)C. The Morgan fingerprint density at radius 3 is 2.68 bits per heavy atom. The van der Waals surface area contributed by atoms with E-state index in [2.05, 4.69) is 10.3 Å². The molecule has 0 saturated heterocycles. The van der Waals surface area contributed by atoms with E-state index in [1.165, 1.54) is 6.07 Å². The quantitative estimate of drug-likeness (QED) is 0.838. The zero-order chi connectivity index (χ0) is 18.6. The number of esters is 1. The molecule has 0 atom stereocenters. The van der Waals surface area contributed by atoms with Crippen molar-refractivity contribution in [2.75, 3.05) is 13.2 Å². The van der Waals surface area contributed by atoms with Gasteiger partial charge in [-0.15, -0.1) is 0 Å². The topological polar surface area (TPSA) is 82.5 Å². The first-order chi connectivity index (χ1) is 11.7. The molecule has 0 spiro atoms. The highest BCUT2D eigenvalue weighted by atomic mass is 19.1. The highest BCUT2D eigenvalue weighted by Crippen LogP contribution is 2.19. The van der Waals surface area contributed by atoms with Gasteiger partial charge in [-0.3, -0.25) is 4.98 Å². The van der Waals surface area contributed by atoms with Crippen LogP contribution >= 0.6 is 0 Å². The molecular formula is C17H22FN3O4. The molecule has 2 aromatic rings. The summed E-state index contributed by atoms with van der Waals surface area (Å²) in [5, 5.41) is 2.61. The Labute approximate surface area is 145 Å². The second kappa shape index (κ2) is 7.50. The first-order valence-corrected chi connectivity index (χ1v) is 8.00. The van der Waals surface area contributed by atoms with E-state index >= 15 is 0 Å². The Bertz CT molecular complexity index is 780. The average Bonchev–Trinajstić information content (AvgIpc) is 2.84. The molecule has 0 aliphatic carbocycles. The molecule has 25 heavy (non-hydrogen) atoms. The number of rotatable bonds is 5. The number of hydrogen-bond acceptors (Lipinski definition) is 5. The van der Waals surface area contributed by atoms with Gasteiger partial charge in [-0.2, -0.15) is 0 Å². The van der Waals surface area contributed by atoms with Gasteiger partial charge in [0.25, 0.3) is 0 Å². The van der Waals surface area contributed by atoms with Gasteiger partial charge in [0.1, 0.15) is 17.1 Å². The van der Waals surface area contributed by atoms with Crippen molar-refractivity contribution in [3.63, 3.8) is 0 Å². The number of carbonyl (C=O) groups is 2. The van der Waals surface area contributed by atoms with Crippen molar-refractivity contribution < 1.29 is 23.5 Å². The van der Waals surface area contributed by atoms with Gasteiger partial charge in [-0.1, -0.05) is 0 Å². The maximum Gasteiger partial charge on any atom is 0.407 e. The number of ether oxygens (including phenoxy) is 2. The van der Waals surface area contributed by atoms with Gasteiger partial charge >= 0.3 is 12.1 Å². The van der Waals surface area contributed by atoms with E-state index in [1.54, 1.807) is 38.3 Å². The minimum absolute atomic E-state index is 0.196. The molecule has 0 aliphatic heterocycles. The summed E-state index contributed by atoms with van der Waals surface area (Å²) in [6, 6.07) is 2.83. The Hall–Kier alpha value is -2.64. The molecule has 0 aromatic carbocycles. The van der Waals surface area contributed by atoms with Crippen molar-refractivity contribution in [3.8, 4) is 0 Å². The Kier molecular flexibility index (Phi) is 5.61. The van der Waals surface area contributed by atoms with Gasteiger partial charge in [0, 0.05) is 19.2 Å². The summed E-state index contributed by atoms with van der Waals surface area (Å²) in [6.45, 7) is 7.65. The van der Waals surface area contributed by atoms with Crippen molar-refractivity contribution in [3.05, 3.63) is 29.8 Å². The highest BCUT2D eigenvalue weighted by Gasteiger charge is 2.19. The van der Waals surface area contributed by atoms with Crippen LogP contribution in [0.2, 0.25) is 0 Å². The van der Waals surface area contributed by atoms with E-state index in [4.69, 9.17) is 9.47 Å². The maximum absolute atomic E-state index is 13.5. The molecule has 0 unspecified atom stereocenters. The molecule has 0 saturated carbocycles. The fourth-order valence-corrected chi connectivity index (χ4v) is 2.30. The Balaban J connectivity index is 2.20.